The van der Waals surface area contributed by atoms with Gasteiger partial charge in [-0.25, -0.2) is 13.5 Å². The molecule has 118 valence electrons. The summed E-state index contributed by atoms with van der Waals surface area (Å²) in [5, 5.41) is 14.0. The molecule has 1 N–H and O–H groups in total. The summed E-state index contributed by atoms with van der Waals surface area (Å²) in [7, 11) is 0. The summed E-state index contributed by atoms with van der Waals surface area (Å²) in [6.07, 6.45) is 1.57. The summed E-state index contributed by atoms with van der Waals surface area (Å²) >= 11 is 11.8. The van der Waals surface area contributed by atoms with Gasteiger partial charge in [-0.3, -0.25) is 0 Å². The van der Waals surface area contributed by atoms with Crippen molar-refractivity contribution >= 4 is 23.2 Å². The average molecular weight is 355 g/mol. The molecule has 0 spiro atoms. The lowest BCUT2D eigenvalue weighted by Gasteiger charge is -2.05. The molecule has 23 heavy (non-hydrogen) atoms. The minimum Gasteiger partial charge on any atom is -0.392 e. The Hall–Kier alpha value is -1.95. The molecule has 0 bridgehead atoms. The van der Waals surface area contributed by atoms with Gasteiger partial charge in [-0.05, 0) is 36.4 Å². The lowest BCUT2D eigenvalue weighted by atomic mass is 10.1. The zero-order chi connectivity index (χ0) is 16.6. The molecule has 0 saturated heterocycles. The highest BCUT2D eigenvalue weighted by molar-refractivity contribution is 6.36. The summed E-state index contributed by atoms with van der Waals surface area (Å²) in [4.78, 5) is 0. The van der Waals surface area contributed by atoms with E-state index in [0.717, 1.165) is 0 Å². The maximum absolute atomic E-state index is 13.7. The molecule has 0 radical (unpaired) electrons. The van der Waals surface area contributed by atoms with Crippen LogP contribution >= 0.6 is 23.2 Å². The normalized spacial score (nSPS) is 11.0. The fourth-order valence-electron chi connectivity index (χ4n) is 2.18. The first-order chi connectivity index (χ1) is 11.0. The molecule has 3 rings (SSSR count). The topological polar surface area (TPSA) is 38.0 Å². The number of benzene rings is 2. The first-order valence-electron chi connectivity index (χ1n) is 6.60. The van der Waals surface area contributed by atoms with E-state index in [1.807, 2.05) is 0 Å². The molecular formula is C16H10Cl2F2N2O. The van der Waals surface area contributed by atoms with Gasteiger partial charge >= 0.3 is 0 Å². The summed E-state index contributed by atoms with van der Waals surface area (Å²) < 4.78 is 28.2. The first kappa shape index (κ1) is 15.9. The van der Waals surface area contributed by atoms with Gasteiger partial charge in [0.1, 0.15) is 11.6 Å². The van der Waals surface area contributed by atoms with E-state index in [-0.39, 0.29) is 22.5 Å². The van der Waals surface area contributed by atoms with Gasteiger partial charge in [0, 0.05) is 17.3 Å². The van der Waals surface area contributed by atoms with E-state index in [1.165, 1.54) is 41.1 Å². The summed E-state index contributed by atoms with van der Waals surface area (Å²) in [5.41, 5.74) is 1.70. The van der Waals surface area contributed by atoms with Crippen LogP contribution in [0.25, 0.3) is 16.9 Å². The van der Waals surface area contributed by atoms with Crippen LogP contribution in [-0.4, -0.2) is 14.9 Å². The van der Waals surface area contributed by atoms with Crippen molar-refractivity contribution in [3.63, 3.8) is 0 Å². The molecule has 0 amide bonds. The smallest absolute Gasteiger partial charge is 0.142 e. The minimum absolute atomic E-state index is 0.0951. The van der Waals surface area contributed by atoms with Crippen molar-refractivity contribution in [1.82, 2.24) is 9.78 Å². The third-order valence-corrected chi connectivity index (χ3v) is 3.92. The SMILES string of the molecule is OCc1cn(-c2ccc(F)cc2)nc1-c1cc(F)c(Cl)cc1Cl. The molecule has 2 aromatic carbocycles. The van der Waals surface area contributed by atoms with Gasteiger partial charge in [-0.15, -0.1) is 0 Å². The predicted molar refractivity (Wildman–Crippen MR) is 84.9 cm³/mol. The summed E-state index contributed by atoms with van der Waals surface area (Å²) in [5.74, 6) is -1.00. The number of hydrogen-bond acceptors (Lipinski definition) is 2. The molecule has 0 saturated carbocycles. The highest BCUT2D eigenvalue weighted by atomic mass is 35.5. The van der Waals surface area contributed by atoms with Crippen LogP contribution in [0.3, 0.4) is 0 Å². The number of hydrogen-bond donors (Lipinski definition) is 1. The lowest BCUT2D eigenvalue weighted by Crippen LogP contribution is -1.95. The number of rotatable bonds is 3. The van der Waals surface area contributed by atoms with Crippen LogP contribution in [0.4, 0.5) is 8.78 Å². The van der Waals surface area contributed by atoms with Crippen molar-refractivity contribution < 1.29 is 13.9 Å². The fraction of sp³-hybridized carbons (Fsp3) is 0.0625. The van der Waals surface area contributed by atoms with E-state index in [1.54, 1.807) is 6.20 Å². The average Bonchev–Trinajstić information content (AvgIpc) is 2.95. The molecule has 0 fully saturated rings. The molecule has 0 aliphatic rings. The fourth-order valence-corrected chi connectivity index (χ4v) is 2.65. The van der Waals surface area contributed by atoms with Crippen LogP contribution in [0.15, 0.2) is 42.6 Å². The van der Waals surface area contributed by atoms with E-state index in [0.29, 0.717) is 22.5 Å². The van der Waals surface area contributed by atoms with E-state index < -0.39 is 5.82 Å². The maximum atomic E-state index is 13.7. The molecule has 3 aromatic rings. The number of aliphatic hydroxyl groups excluding tert-OH is 1. The third kappa shape index (κ3) is 3.08. The molecule has 7 heteroatoms. The monoisotopic (exact) mass is 354 g/mol. The Morgan fingerprint density at radius 2 is 1.74 bits per heavy atom. The second-order valence-corrected chi connectivity index (χ2v) is 5.64. The summed E-state index contributed by atoms with van der Waals surface area (Å²) in [6.45, 7) is -0.308. The second-order valence-electron chi connectivity index (χ2n) is 4.83. The minimum atomic E-state index is -0.633. The van der Waals surface area contributed by atoms with Gasteiger partial charge in [0.05, 0.1) is 28.0 Å². The van der Waals surface area contributed by atoms with Crippen LogP contribution in [-0.2, 0) is 6.61 Å². The van der Waals surface area contributed by atoms with Crippen LogP contribution in [0.1, 0.15) is 5.56 Å². The van der Waals surface area contributed by atoms with Gasteiger partial charge in [-0.1, -0.05) is 23.2 Å². The molecular weight excluding hydrogens is 345 g/mol. The Bertz CT molecular complexity index is 863. The molecule has 0 unspecified atom stereocenters. The number of nitrogens with zero attached hydrogens (tertiary/aromatic N) is 2. The molecule has 0 atom stereocenters. The van der Waals surface area contributed by atoms with Crippen molar-refractivity contribution in [3.05, 3.63) is 69.8 Å². The Morgan fingerprint density at radius 1 is 1.04 bits per heavy atom. The largest absolute Gasteiger partial charge is 0.392 e. The van der Waals surface area contributed by atoms with Gasteiger partial charge in [0.15, 0.2) is 0 Å². The van der Waals surface area contributed by atoms with Gasteiger partial charge in [0.25, 0.3) is 0 Å². The van der Waals surface area contributed by atoms with Crippen molar-refractivity contribution in [3.8, 4) is 16.9 Å². The highest BCUT2D eigenvalue weighted by Crippen LogP contribution is 2.33. The number of halogens is 4. The van der Waals surface area contributed by atoms with E-state index >= 15 is 0 Å². The Balaban J connectivity index is 2.13. The van der Waals surface area contributed by atoms with Gasteiger partial charge in [0.2, 0.25) is 0 Å². The molecule has 1 heterocycles. The molecule has 3 nitrogen and oxygen atoms in total. The second kappa shape index (κ2) is 6.28. The Kier molecular flexibility index (Phi) is 4.35. The predicted octanol–water partition coefficient (Wildman–Crippen LogP) is 4.62. The lowest BCUT2D eigenvalue weighted by molar-refractivity contribution is 0.282. The standard InChI is InChI=1S/C16H10Cl2F2N2O/c17-13-6-14(18)15(20)5-12(13)16-9(8-23)7-22(21-16)11-3-1-10(19)2-4-11/h1-7,23H,8H2. The Labute approximate surface area is 140 Å². The van der Waals surface area contributed by atoms with Crippen molar-refractivity contribution in [2.24, 2.45) is 0 Å². The number of aliphatic hydroxyl groups is 1. The van der Waals surface area contributed by atoms with Crippen molar-refractivity contribution in [2.45, 2.75) is 6.61 Å². The van der Waals surface area contributed by atoms with E-state index in [2.05, 4.69) is 5.10 Å². The third-order valence-electron chi connectivity index (χ3n) is 3.32. The van der Waals surface area contributed by atoms with Crippen LogP contribution in [0.2, 0.25) is 10.0 Å². The number of aromatic nitrogens is 2. The molecule has 0 aliphatic carbocycles. The van der Waals surface area contributed by atoms with E-state index in [9.17, 15) is 13.9 Å². The zero-order valence-corrected chi connectivity index (χ0v) is 13.1. The molecule has 0 aliphatic heterocycles. The molecule has 1 aromatic heterocycles. The van der Waals surface area contributed by atoms with Crippen molar-refractivity contribution in [1.29, 1.82) is 0 Å². The van der Waals surface area contributed by atoms with Crippen molar-refractivity contribution in [2.75, 3.05) is 0 Å². The maximum Gasteiger partial charge on any atom is 0.142 e. The van der Waals surface area contributed by atoms with Gasteiger partial charge in [-0.2, -0.15) is 5.10 Å². The summed E-state index contributed by atoms with van der Waals surface area (Å²) in [6, 6.07) is 8.12. The van der Waals surface area contributed by atoms with Crippen LogP contribution in [0.5, 0.6) is 0 Å². The first-order valence-corrected chi connectivity index (χ1v) is 7.35. The zero-order valence-electron chi connectivity index (χ0n) is 11.6. The van der Waals surface area contributed by atoms with E-state index in [4.69, 9.17) is 23.2 Å². The van der Waals surface area contributed by atoms with Gasteiger partial charge < -0.3 is 5.11 Å². The van der Waals surface area contributed by atoms with Crippen LogP contribution < -0.4 is 0 Å². The Morgan fingerprint density at radius 3 is 2.39 bits per heavy atom. The van der Waals surface area contributed by atoms with Crippen LogP contribution in [0, 0.1) is 11.6 Å². The highest BCUT2D eigenvalue weighted by Gasteiger charge is 2.17. The quantitative estimate of drug-likeness (QED) is 0.697.